The number of carbonyl (C=O) groups is 1. The van der Waals surface area contributed by atoms with E-state index >= 15 is 0 Å². The third-order valence-corrected chi connectivity index (χ3v) is 2.19. The Balaban J connectivity index is 3.36. The molecule has 13 heavy (non-hydrogen) atoms. The van der Waals surface area contributed by atoms with Crippen molar-refractivity contribution in [3.05, 3.63) is 17.6 Å². The monoisotopic (exact) mass is 206 g/mol. The fourth-order valence-electron chi connectivity index (χ4n) is 0.800. The zero-order valence-corrected chi connectivity index (χ0v) is 7.11. The minimum Gasteiger partial charge on any atom is -0.454 e. The van der Waals surface area contributed by atoms with Crippen molar-refractivity contribution >= 4 is 16.4 Å². The Morgan fingerprint density at radius 2 is 2.15 bits per heavy atom. The van der Waals surface area contributed by atoms with E-state index < -0.39 is 27.4 Å². The number of aldehydes is 1. The average molecular weight is 206 g/mol. The summed E-state index contributed by atoms with van der Waals surface area (Å²) in [4.78, 5) is 9.62. The van der Waals surface area contributed by atoms with Crippen molar-refractivity contribution in [2.75, 3.05) is 0 Å². The zero-order valence-electron chi connectivity index (χ0n) is 6.30. The summed E-state index contributed by atoms with van der Waals surface area (Å²) in [5, 5.41) is 8.55. The normalized spacial score (nSPS) is 11.5. The second kappa shape index (κ2) is 3.29. The van der Waals surface area contributed by atoms with E-state index in [-0.39, 0.29) is 12.0 Å². The molecule has 0 aliphatic heterocycles. The first-order chi connectivity index (χ1) is 5.99. The molecular formula is C6H6O6S. The van der Waals surface area contributed by atoms with Crippen LogP contribution in [0.1, 0.15) is 16.3 Å². The number of carbonyl (C=O) groups excluding carboxylic acids is 1. The van der Waals surface area contributed by atoms with Crippen molar-refractivity contribution in [2.45, 2.75) is 11.5 Å². The highest BCUT2D eigenvalue weighted by atomic mass is 32.2. The molecule has 0 atom stereocenters. The number of hydrogen-bond donors (Lipinski definition) is 2. The lowest BCUT2D eigenvalue weighted by molar-refractivity contribution is 0.109. The van der Waals surface area contributed by atoms with Gasteiger partial charge in [-0.1, -0.05) is 0 Å². The number of rotatable bonds is 3. The van der Waals surface area contributed by atoms with Gasteiger partial charge < -0.3 is 9.52 Å². The lowest BCUT2D eigenvalue weighted by Gasteiger charge is -1.88. The summed E-state index contributed by atoms with van der Waals surface area (Å²) in [7, 11) is -4.47. The molecule has 0 saturated carbocycles. The molecule has 0 unspecified atom stereocenters. The van der Waals surface area contributed by atoms with Crippen molar-refractivity contribution in [3.63, 3.8) is 0 Å². The molecule has 0 bridgehead atoms. The van der Waals surface area contributed by atoms with E-state index in [0.29, 0.717) is 0 Å². The van der Waals surface area contributed by atoms with Gasteiger partial charge in [-0.05, 0) is 0 Å². The lowest BCUT2D eigenvalue weighted by Crippen LogP contribution is -1.99. The Labute approximate surface area is 73.5 Å². The summed E-state index contributed by atoms with van der Waals surface area (Å²) in [5.41, 5.74) is 0. The van der Waals surface area contributed by atoms with Gasteiger partial charge in [-0.15, -0.1) is 0 Å². The Bertz CT molecular complexity index is 414. The Morgan fingerprint density at radius 3 is 2.46 bits per heavy atom. The Hall–Kier alpha value is -1.18. The predicted molar refractivity (Wildman–Crippen MR) is 39.8 cm³/mol. The maximum Gasteiger partial charge on any atom is 0.298 e. The molecule has 6 nitrogen and oxygen atoms in total. The van der Waals surface area contributed by atoms with E-state index in [9.17, 15) is 13.2 Å². The van der Waals surface area contributed by atoms with Crippen LogP contribution in [0.5, 0.6) is 0 Å². The molecule has 7 heteroatoms. The minimum absolute atomic E-state index is 0.102. The summed E-state index contributed by atoms with van der Waals surface area (Å²) >= 11 is 0. The first kappa shape index (κ1) is 9.90. The maximum absolute atomic E-state index is 10.6. The molecule has 2 N–H and O–H groups in total. The highest BCUT2D eigenvalue weighted by Crippen LogP contribution is 2.18. The fraction of sp³-hybridized carbons (Fsp3) is 0.167. The highest BCUT2D eigenvalue weighted by Gasteiger charge is 2.20. The van der Waals surface area contributed by atoms with Crippen LogP contribution in [0.25, 0.3) is 0 Å². The van der Waals surface area contributed by atoms with Crippen LogP contribution in [0.3, 0.4) is 0 Å². The van der Waals surface area contributed by atoms with Crippen LogP contribution in [-0.4, -0.2) is 24.4 Å². The van der Waals surface area contributed by atoms with Crippen LogP contribution < -0.4 is 0 Å². The average Bonchev–Trinajstić information content (AvgIpc) is 2.46. The molecule has 0 aliphatic carbocycles. The minimum atomic E-state index is -4.47. The Kier molecular flexibility index (Phi) is 2.50. The van der Waals surface area contributed by atoms with Crippen LogP contribution in [0.15, 0.2) is 15.4 Å². The fourth-order valence-corrected chi connectivity index (χ4v) is 1.42. The first-order valence-electron chi connectivity index (χ1n) is 3.15. The molecule has 0 radical (unpaired) electrons. The SMILES string of the molecule is O=Cc1oc(CO)cc1S(=O)(=O)O. The van der Waals surface area contributed by atoms with Gasteiger partial charge in [0, 0.05) is 6.07 Å². The summed E-state index contributed by atoms with van der Waals surface area (Å²) < 4.78 is 34.4. The summed E-state index contributed by atoms with van der Waals surface area (Å²) in [6.07, 6.45) is 0.141. The molecule has 0 aliphatic rings. The van der Waals surface area contributed by atoms with Gasteiger partial charge >= 0.3 is 0 Å². The van der Waals surface area contributed by atoms with Crippen molar-refractivity contribution in [1.29, 1.82) is 0 Å². The molecule has 1 heterocycles. The predicted octanol–water partition coefficient (Wildman–Crippen LogP) is -0.169. The molecule has 1 aromatic heterocycles. The van der Waals surface area contributed by atoms with Crippen LogP contribution in [0, 0.1) is 0 Å². The molecule has 0 fully saturated rings. The van der Waals surface area contributed by atoms with Gasteiger partial charge in [0.05, 0.1) is 0 Å². The van der Waals surface area contributed by atoms with Crippen LogP contribution in [-0.2, 0) is 16.7 Å². The summed E-state index contributed by atoms with van der Waals surface area (Å²) in [6.45, 7) is -0.545. The molecule has 72 valence electrons. The highest BCUT2D eigenvalue weighted by molar-refractivity contribution is 7.86. The van der Waals surface area contributed by atoms with E-state index in [1.54, 1.807) is 0 Å². The smallest absolute Gasteiger partial charge is 0.298 e. The molecule has 1 rings (SSSR count). The van der Waals surface area contributed by atoms with Gasteiger partial charge in [0.15, 0.2) is 12.0 Å². The van der Waals surface area contributed by atoms with Gasteiger partial charge in [0.2, 0.25) is 0 Å². The number of furan rings is 1. The molecular weight excluding hydrogens is 200 g/mol. The zero-order chi connectivity index (χ0) is 10.1. The van der Waals surface area contributed by atoms with Gasteiger partial charge in [0.1, 0.15) is 17.3 Å². The third-order valence-electron chi connectivity index (χ3n) is 1.32. The second-order valence-electron chi connectivity index (χ2n) is 2.19. The van der Waals surface area contributed by atoms with Crippen molar-refractivity contribution in [2.24, 2.45) is 0 Å². The van der Waals surface area contributed by atoms with E-state index in [1.165, 1.54) is 0 Å². The molecule has 0 saturated heterocycles. The van der Waals surface area contributed by atoms with Crippen LogP contribution >= 0.6 is 0 Å². The van der Waals surface area contributed by atoms with Crippen LogP contribution in [0.4, 0.5) is 0 Å². The van der Waals surface area contributed by atoms with Crippen molar-refractivity contribution in [3.8, 4) is 0 Å². The third kappa shape index (κ3) is 1.94. The van der Waals surface area contributed by atoms with Gasteiger partial charge in [-0.25, -0.2) is 0 Å². The van der Waals surface area contributed by atoms with E-state index in [2.05, 4.69) is 4.42 Å². The first-order valence-corrected chi connectivity index (χ1v) is 4.59. The standard InChI is InChI=1S/C6H6O6S/c7-2-4-1-6(13(9,10)11)5(3-8)12-4/h1,3,7H,2H2,(H,9,10,11). The maximum atomic E-state index is 10.6. The number of aliphatic hydroxyl groups excluding tert-OH is 1. The Morgan fingerprint density at radius 1 is 1.54 bits per heavy atom. The van der Waals surface area contributed by atoms with Gasteiger partial charge in [-0.3, -0.25) is 9.35 Å². The molecule has 0 spiro atoms. The topological polar surface area (TPSA) is 105 Å². The largest absolute Gasteiger partial charge is 0.454 e. The molecule has 1 aromatic rings. The summed E-state index contributed by atoms with van der Waals surface area (Å²) in [5.74, 6) is -0.624. The van der Waals surface area contributed by atoms with Crippen molar-refractivity contribution in [1.82, 2.24) is 0 Å². The van der Waals surface area contributed by atoms with Crippen LogP contribution in [0.2, 0.25) is 0 Å². The molecule has 0 aromatic carbocycles. The molecule has 0 amide bonds. The van der Waals surface area contributed by atoms with E-state index in [0.717, 1.165) is 6.07 Å². The van der Waals surface area contributed by atoms with E-state index in [4.69, 9.17) is 9.66 Å². The van der Waals surface area contributed by atoms with Gasteiger partial charge in [-0.2, -0.15) is 8.42 Å². The second-order valence-corrected chi connectivity index (χ2v) is 3.58. The van der Waals surface area contributed by atoms with Gasteiger partial charge in [0.25, 0.3) is 10.1 Å². The quantitative estimate of drug-likeness (QED) is 0.525. The summed E-state index contributed by atoms with van der Waals surface area (Å²) in [6, 6.07) is 0.888. The number of hydrogen-bond acceptors (Lipinski definition) is 5. The van der Waals surface area contributed by atoms with E-state index in [1.807, 2.05) is 0 Å². The lowest BCUT2D eigenvalue weighted by atomic mass is 10.4. The van der Waals surface area contributed by atoms with Crippen molar-refractivity contribution < 1.29 is 27.3 Å². The number of aliphatic hydroxyl groups is 1.